The maximum absolute atomic E-state index is 13.1. The van der Waals surface area contributed by atoms with Crippen molar-refractivity contribution in [1.29, 1.82) is 0 Å². The normalized spacial score (nSPS) is 21.7. The van der Waals surface area contributed by atoms with E-state index in [0.29, 0.717) is 40.5 Å². The number of aromatic nitrogens is 2. The summed E-state index contributed by atoms with van der Waals surface area (Å²) < 4.78 is 1.82. The SMILES string of the molecule is CC(C)C1C(C)c2cccc3c2N1C=CN=C3C1=C(c2cnc3ccccn23)C(=O)NC1=O. The maximum Gasteiger partial charge on any atom is 0.261 e. The van der Waals surface area contributed by atoms with E-state index < -0.39 is 11.8 Å². The number of hydrogen-bond donors (Lipinski definition) is 1. The van der Waals surface area contributed by atoms with Gasteiger partial charge in [-0.2, -0.15) is 0 Å². The Kier molecular flexibility index (Phi) is 4.17. The molecule has 0 aliphatic carbocycles. The van der Waals surface area contributed by atoms with Crippen LogP contribution < -0.4 is 10.2 Å². The predicted molar refractivity (Wildman–Crippen MR) is 127 cm³/mol. The highest BCUT2D eigenvalue weighted by Crippen LogP contribution is 2.47. The van der Waals surface area contributed by atoms with Crippen LogP contribution >= 0.6 is 0 Å². The molecule has 3 aromatic rings. The molecule has 164 valence electrons. The van der Waals surface area contributed by atoms with E-state index in [1.165, 1.54) is 5.56 Å². The minimum absolute atomic E-state index is 0.284. The number of benzene rings is 1. The lowest BCUT2D eigenvalue weighted by atomic mass is 9.88. The second kappa shape index (κ2) is 7.00. The number of rotatable bonds is 3. The quantitative estimate of drug-likeness (QED) is 0.634. The summed E-state index contributed by atoms with van der Waals surface area (Å²) in [6.07, 6.45) is 7.20. The average molecular weight is 438 g/mol. The minimum Gasteiger partial charge on any atom is -0.342 e. The molecular weight excluding hydrogens is 414 g/mol. The van der Waals surface area contributed by atoms with Crippen LogP contribution in [0.3, 0.4) is 0 Å². The molecule has 0 saturated heterocycles. The summed E-state index contributed by atoms with van der Waals surface area (Å²) in [4.78, 5) is 37.5. The van der Waals surface area contributed by atoms with Gasteiger partial charge in [-0.15, -0.1) is 0 Å². The second-order valence-electron chi connectivity index (χ2n) is 9.06. The van der Waals surface area contributed by atoms with Gasteiger partial charge in [-0.05, 0) is 23.6 Å². The molecule has 5 heterocycles. The molecule has 33 heavy (non-hydrogen) atoms. The number of carbonyl (C=O) groups is 2. The molecule has 2 aromatic heterocycles. The van der Waals surface area contributed by atoms with Gasteiger partial charge in [-0.3, -0.25) is 24.3 Å². The van der Waals surface area contributed by atoms with E-state index in [0.717, 1.165) is 11.3 Å². The fraction of sp³-hybridized carbons (Fsp3) is 0.231. The number of aliphatic imine (C=N–C) groups is 1. The number of nitrogens with zero attached hydrogens (tertiary/aromatic N) is 4. The lowest BCUT2D eigenvalue weighted by Gasteiger charge is -2.29. The van der Waals surface area contributed by atoms with Crippen LogP contribution in [0.15, 0.2) is 71.8 Å². The molecule has 0 radical (unpaired) electrons. The first-order chi connectivity index (χ1) is 16.0. The number of carbonyl (C=O) groups excluding carboxylic acids is 2. The van der Waals surface area contributed by atoms with Crippen molar-refractivity contribution in [3.05, 3.63) is 83.6 Å². The Morgan fingerprint density at radius 3 is 2.67 bits per heavy atom. The third-order valence-corrected chi connectivity index (χ3v) is 6.86. The molecule has 2 amide bonds. The van der Waals surface area contributed by atoms with Crippen LogP contribution in [0, 0.1) is 5.92 Å². The third kappa shape index (κ3) is 2.68. The highest BCUT2D eigenvalue weighted by Gasteiger charge is 2.42. The van der Waals surface area contributed by atoms with Crippen molar-refractivity contribution < 1.29 is 9.59 Å². The molecule has 3 aliphatic rings. The molecule has 6 rings (SSSR count). The number of imide groups is 1. The Labute approximate surface area is 191 Å². The fourth-order valence-electron chi connectivity index (χ4n) is 5.55. The summed E-state index contributed by atoms with van der Waals surface area (Å²) in [6, 6.07) is 12.1. The van der Waals surface area contributed by atoms with Gasteiger partial charge in [-0.25, -0.2) is 4.98 Å². The van der Waals surface area contributed by atoms with Crippen LogP contribution in [0.25, 0.3) is 11.2 Å². The van der Waals surface area contributed by atoms with Gasteiger partial charge in [0.25, 0.3) is 11.8 Å². The largest absolute Gasteiger partial charge is 0.342 e. The summed E-state index contributed by atoms with van der Waals surface area (Å²) >= 11 is 0. The topological polar surface area (TPSA) is 79.1 Å². The van der Waals surface area contributed by atoms with Crippen molar-refractivity contribution in [3.63, 3.8) is 0 Å². The monoisotopic (exact) mass is 437 g/mol. The molecular formula is C26H23N5O2. The smallest absolute Gasteiger partial charge is 0.261 e. The van der Waals surface area contributed by atoms with Crippen molar-refractivity contribution in [2.45, 2.75) is 32.7 Å². The molecule has 0 bridgehead atoms. The number of amides is 2. The van der Waals surface area contributed by atoms with E-state index >= 15 is 0 Å². The molecule has 2 atom stereocenters. The van der Waals surface area contributed by atoms with Gasteiger partial charge in [-0.1, -0.05) is 45.0 Å². The highest BCUT2D eigenvalue weighted by atomic mass is 16.2. The van der Waals surface area contributed by atoms with Gasteiger partial charge in [0, 0.05) is 36.1 Å². The molecule has 3 aliphatic heterocycles. The van der Waals surface area contributed by atoms with Gasteiger partial charge in [0.1, 0.15) is 5.65 Å². The van der Waals surface area contributed by atoms with E-state index in [1.54, 1.807) is 12.4 Å². The summed E-state index contributed by atoms with van der Waals surface area (Å²) in [5, 5.41) is 2.48. The second-order valence-corrected chi connectivity index (χ2v) is 9.06. The number of nitrogens with one attached hydrogen (secondary N) is 1. The minimum atomic E-state index is -0.439. The van der Waals surface area contributed by atoms with Gasteiger partial charge in [0.2, 0.25) is 0 Å². The Hall–Kier alpha value is -4.00. The maximum atomic E-state index is 13.1. The van der Waals surface area contributed by atoms with Crippen LogP contribution in [0.5, 0.6) is 0 Å². The number of pyridine rings is 1. The third-order valence-electron chi connectivity index (χ3n) is 6.86. The van der Waals surface area contributed by atoms with E-state index in [9.17, 15) is 9.59 Å². The van der Waals surface area contributed by atoms with Crippen LogP contribution in [0.2, 0.25) is 0 Å². The van der Waals surface area contributed by atoms with Crippen molar-refractivity contribution >= 4 is 34.4 Å². The lowest BCUT2D eigenvalue weighted by Crippen LogP contribution is -2.34. The number of imidazole rings is 1. The first-order valence-electron chi connectivity index (χ1n) is 11.2. The zero-order valence-corrected chi connectivity index (χ0v) is 18.6. The number of hydrogen-bond acceptors (Lipinski definition) is 5. The van der Waals surface area contributed by atoms with Gasteiger partial charge in [0.05, 0.1) is 34.4 Å². The molecule has 1 aromatic carbocycles. The molecule has 7 heteroatoms. The Morgan fingerprint density at radius 1 is 1.03 bits per heavy atom. The van der Waals surface area contributed by atoms with Crippen molar-refractivity contribution in [3.8, 4) is 0 Å². The zero-order valence-electron chi connectivity index (χ0n) is 18.6. The van der Waals surface area contributed by atoms with Crippen molar-refractivity contribution in [2.24, 2.45) is 10.9 Å². The fourth-order valence-corrected chi connectivity index (χ4v) is 5.55. The number of fused-ring (bicyclic) bond motifs is 1. The summed E-state index contributed by atoms with van der Waals surface area (Å²) in [5.41, 5.74) is 5.51. The molecule has 0 saturated carbocycles. The van der Waals surface area contributed by atoms with Gasteiger partial charge >= 0.3 is 0 Å². The van der Waals surface area contributed by atoms with Crippen LogP contribution in [0.4, 0.5) is 5.69 Å². The van der Waals surface area contributed by atoms with E-state index in [2.05, 4.69) is 42.0 Å². The summed E-state index contributed by atoms with van der Waals surface area (Å²) in [7, 11) is 0. The lowest BCUT2D eigenvalue weighted by molar-refractivity contribution is -0.123. The van der Waals surface area contributed by atoms with E-state index in [-0.39, 0.29) is 5.57 Å². The van der Waals surface area contributed by atoms with Crippen molar-refractivity contribution in [2.75, 3.05) is 4.90 Å². The van der Waals surface area contributed by atoms with E-state index in [4.69, 9.17) is 4.99 Å². The standard InChI is InChI=1S/C26H23N5O2/c1-14(2)23-15(3)16-7-6-8-17-22(27-10-12-31(23)24(16)17)21-20(25(32)29-26(21)33)18-13-28-19-9-4-5-11-30(18)19/h4-15,23H,1-3H3,(H,29,32,33). The highest BCUT2D eigenvalue weighted by molar-refractivity contribution is 6.47. The zero-order chi connectivity index (χ0) is 22.9. The van der Waals surface area contributed by atoms with Crippen molar-refractivity contribution in [1.82, 2.24) is 14.7 Å². The molecule has 2 unspecified atom stereocenters. The molecule has 0 fully saturated rings. The Balaban J connectivity index is 1.60. The Bertz CT molecular complexity index is 1440. The summed E-state index contributed by atoms with van der Waals surface area (Å²) in [5.74, 6) is -0.120. The molecule has 0 spiro atoms. The van der Waals surface area contributed by atoms with E-state index in [1.807, 2.05) is 47.1 Å². The predicted octanol–water partition coefficient (Wildman–Crippen LogP) is 3.67. The first kappa shape index (κ1) is 19.7. The Morgan fingerprint density at radius 2 is 1.85 bits per heavy atom. The van der Waals surface area contributed by atoms with Gasteiger partial charge < -0.3 is 4.90 Å². The summed E-state index contributed by atoms with van der Waals surface area (Å²) in [6.45, 7) is 6.69. The van der Waals surface area contributed by atoms with Crippen LogP contribution in [-0.4, -0.2) is 33.0 Å². The average Bonchev–Trinajstić information content (AvgIpc) is 3.38. The number of anilines is 1. The first-order valence-corrected chi connectivity index (χ1v) is 11.2. The molecule has 7 nitrogen and oxygen atoms in total. The van der Waals surface area contributed by atoms with Crippen LogP contribution in [0.1, 0.15) is 43.5 Å². The van der Waals surface area contributed by atoms with Gasteiger partial charge in [0.15, 0.2) is 0 Å². The molecule has 1 N–H and O–H groups in total. The number of para-hydroxylation sites is 1. The van der Waals surface area contributed by atoms with Crippen LogP contribution in [-0.2, 0) is 9.59 Å².